The number of pyridine rings is 2. The number of aliphatic hydroxyl groups excluding tert-OH is 1. The summed E-state index contributed by atoms with van der Waals surface area (Å²) in [5, 5.41) is 19.8. The molecule has 0 saturated carbocycles. The largest absolute Gasteiger partial charge is 0.508 e. The zero-order chi connectivity index (χ0) is 16.1. The number of fused-ring (bicyclic) bond motifs is 3. The highest BCUT2D eigenvalue weighted by molar-refractivity contribution is 6.02. The van der Waals surface area contributed by atoms with Gasteiger partial charge in [-0.1, -0.05) is 42.5 Å². The minimum Gasteiger partial charge on any atom is -0.508 e. The number of hydrogen-bond acceptors (Lipinski definition) is 4. The van der Waals surface area contributed by atoms with Crippen LogP contribution in [0.5, 0.6) is 5.75 Å². The Balaban J connectivity index is 0.000000151. The summed E-state index contributed by atoms with van der Waals surface area (Å²) in [7, 11) is 0. The quantitative estimate of drug-likeness (QED) is 0.527. The third kappa shape index (κ3) is 3.27. The van der Waals surface area contributed by atoms with Gasteiger partial charge in [-0.05, 0) is 18.2 Å². The summed E-state index contributed by atoms with van der Waals surface area (Å²) in [6.07, 6.45) is 3.60. The van der Waals surface area contributed by atoms with Crippen LogP contribution in [0.2, 0.25) is 0 Å². The number of hydrogen-bond donors (Lipinski definition) is 2. The van der Waals surface area contributed by atoms with Crippen molar-refractivity contribution >= 4 is 21.8 Å². The lowest BCUT2D eigenvalue weighted by Gasteiger charge is -2.00. The zero-order valence-electron chi connectivity index (χ0n) is 12.4. The van der Waals surface area contributed by atoms with Crippen molar-refractivity contribution in [2.75, 3.05) is 0 Å². The molecule has 114 valence electrons. The highest BCUT2D eigenvalue weighted by atomic mass is 16.3. The molecule has 0 atom stereocenters. The predicted molar refractivity (Wildman–Crippen MR) is 91.1 cm³/mol. The van der Waals surface area contributed by atoms with Gasteiger partial charge >= 0.3 is 0 Å². The van der Waals surface area contributed by atoms with Crippen LogP contribution in [-0.4, -0.2) is 20.2 Å². The van der Waals surface area contributed by atoms with E-state index < -0.39 is 0 Å². The molecule has 0 unspecified atom stereocenters. The molecule has 4 aromatic rings. The monoisotopic (exact) mass is 304 g/mol. The number of rotatable bonds is 1. The Kier molecular flexibility index (Phi) is 4.45. The van der Waals surface area contributed by atoms with Gasteiger partial charge in [0, 0.05) is 28.7 Å². The van der Waals surface area contributed by atoms with Crippen molar-refractivity contribution in [3.63, 3.8) is 0 Å². The SMILES string of the molecule is OCc1ccccc1O.c1cnc2c(c1)ccc1cccnc12. The second-order valence-electron chi connectivity index (χ2n) is 5.00. The van der Waals surface area contributed by atoms with E-state index in [-0.39, 0.29) is 12.4 Å². The molecule has 0 aliphatic rings. The van der Waals surface area contributed by atoms with Crippen LogP contribution < -0.4 is 0 Å². The van der Waals surface area contributed by atoms with E-state index in [2.05, 4.69) is 34.2 Å². The van der Waals surface area contributed by atoms with E-state index in [4.69, 9.17) is 10.2 Å². The van der Waals surface area contributed by atoms with E-state index in [9.17, 15) is 0 Å². The highest BCUT2D eigenvalue weighted by Gasteiger charge is 2.00. The fraction of sp³-hybridized carbons (Fsp3) is 0.0526. The Morgan fingerprint density at radius 3 is 1.74 bits per heavy atom. The molecule has 0 spiro atoms. The molecule has 0 bridgehead atoms. The smallest absolute Gasteiger partial charge is 0.121 e. The van der Waals surface area contributed by atoms with Gasteiger partial charge in [0.15, 0.2) is 0 Å². The predicted octanol–water partition coefficient (Wildman–Crippen LogP) is 3.67. The fourth-order valence-corrected chi connectivity index (χ4v) is 2.32. The standard InChI is InChI=1S/C12H8N2.C7H8O2/c1-3-9-5-6-10-4-2-8-14-12(10)11(9)13-7-1;8-5-6-3-1-2-4-7(6)9/h1-8H;1-4,8-9H,5H2. The van der Waals surface area contributed by atoms with Gasteiger partial charge in [-0.15, -0.1) is 0 Å². The summed E-state index contributed by atoms with van der Waals surface area (Å²) in [5.74, 6) is 0.153. The van der Waals surface area contributed by atoms with Gasteiger partial charge in [-0.25, -0.2) is 0 Å². The third-order valence-electron chi connectivity index (χ3n) is 3.51. The Hall–Kier alpha value is -2.98. The molecule has 0 amide bonds. The van der Waals surface area contributed by atoms with Crippen molar-refractivity contribution in [1.29, 1.82) is 0 Å². The number of nitrogens with zero attached hydrogens (tertiary/aromatic N) is 2. The van der Waals surface area contributed by atoms with Gasteiger partial charge in [0.25, 0.3) is 0 Å². The molecule has 0 aliphatic heterocycles. The van der Waals surface area contributed by atoms with Crippen molar-refractivity contribution in [3.05, 3.63) is 78.6 Å². The van der Waals surface area contributed by atoms with Crippen molar-refractivity contribution < 1.29 is 10.2 Å². The maximum atomic E-state index is 8.95. The molecule has 4 rings (SSSR count). The van der Waals surface area contributed by atoms with E-state index in [1.807, 2.05) is 12.1 Å². The van der Waals surface area contributed by atoms with Gasteiger partial charge in [-0.3, -0.25) is 9.97 Å². The Morgan fingerprint density at radius 1 is 0.696 bits per heavy atom. The molecule has 4 nitrogen and oxygen atoms in total. The number of aromatic hydroxyl groups is 1. The Labute approximate surface area is 133 Å². The summed E-state index contributed by atoms with van der Waals surface area (Å²) >= 11 is 0. The summed E-state index contributed by atoms with van der Waals surface area (Å²) < 4.78 is 0. The van der Waals surface area contributed by atoms with Gasteiger partial charge in [-0.2, -0.15) is 0 Å². The molecular weight excluding hydrogens is 288 g/mol. The molecule has 2 aromatic carbocycles. The molecule has 2 aromatic heterocycles. The number of aromatic nitrogens is 2. The third-order valence-corrected chi connectivity index (χ3v) is 3.51. The second-order valence-corrected chi connectivity index (χ2v) is 5.00. The maximum absolute atomic E-state index is 8.95. The topological polar surface area (TPSA) is 66.2 Å². The van der Waals surface area contributed by atoms with E-state index in [0.717, 1.165) is 21.8 Å². The van der Waals surface area contributed by atoms with Crippen molar-refractivity contribution in [1.82, 2.24) is 9.97 Å². The first-order valence-corrected chi connectivity index (χ1v) is 7.26. The maximum Gasteiger partial charge on any atom is 0.121 e. The van der Waals surface area contributed by atoms with Gasteiger partial charge in [0.05, 0.1) is 17.6 Å². The van der Waals surface area contributed by atoms with E-state index >= 15 is 0 Å². The van der Waals surface area contributed by atoms with Gasteiger partial charge in [0.2, 0.25) is 0 Å². The van der Waals surface area contributed by atoms with Crippen LogP contribution in [0, 0.1) is 0 Å². The first kappa shape index (κ1) is 14.9. The molecule has 0 radical (unpaired) electrons. The number of aliphatic hydroxyl groups is 1. The van der Waals surface area contributed by atoms with Crippen molar-refractivity contribution in [2.45, 2.75) is 6.61 Å². The Bertz CT molecular complexity index is 883. The van der Waals surface area contributed by atoms with E-state index in [0.29, 0.717) is 5.56 Å². The summed E-state index contributed by atoms with van der Waals surface area (Å²) in [5.41, 5.74) is 2.52. The second kappa shape index (κ2) is 6.85. The summed E-state index contributed by atoms with van der Waals surface area (Å²) in [6, 6.07) is 18.8. The van der Waals surface area contributed by atoms with Gasteiger partial charge in [0.1, 0.15) is 5.75 Å². The molecule has 23 heavy (non-hydrogen) atoms. The van der Waals surface area contributed by atoms with Crippen LogP contribution in [-0.2, 0) is 6.61 Å². The van der Waals surface area contributed by atoms with Crippen LogP contribution in [0.3, 0.4) is 0 Å². The number of phenols is 1. The molecular formula is C19H16N2O2. The van der Waals surface area contributed by atoms with E-state index in [1.54, 1.807) is 36.7 Å². The van der Waals surface area contributed by atoms with Crippen molar-refractivity contribution in [2.24, 2.45) is 0 Å². The normalized spacial score (nSPS) is 10.3. The fourth-order valence-electron chi connectivity index (χ4n) is 2.32. The van der Waals surface area contributed by atoms with Crippen LogP contribution in [0.4, 0.5) is 0 Å². The minimum absolute atomic E-state index is 0.104. The average Bonchev–Trinajstić information content (AvgIpc) is 2.62. The average molecular weight is 304 g/mol. The molecule has 4 heteroatoms. The van der Waals surface area contributed by atoms with Gasteiger partial charge < -0.3 is 10.2 Å². The minimum atomic E-state index is -0.104. The lowest BCUT2D eigenvalue weighted by Crippen LogP contribution is -1.83. The molecule has 2 heterocycles. The summed E-state index contributed by atoms with van der Waals surface area (Å²) in [4.78, 5) is 8.69. The number of para-hydroxylation sites is 1. The highest BCUT2D eigenvalue weighted by Crippen LogP contribution is 2.20. The molecule has 0 aliphatic carbocycles. The van der Waals surface area contributed by atoms with Crippen LogP contribution in [0.15, 0.2) is 73.1 Å². The number of benzene rings is 2. The molecule has 0 fully saturated rings. The lowest BCUT2D eigenvalue weighted by atomic mass is 10.1. The van der Waals surface area contributed by atoms with Crippen LogP contribution >= 0.6 is 0 Å². The lowest BCUT2D eigenvalue weighted by molar-refractivity contribution is 0.275. The first-order valence-electron chi connectivity index (χ1n) is 7.26. The zero-order valence-corrected chi connectivity index (χ0v) is 12.4. The molecule has 2 N–H and O–H groups in total. The Morgan fingerprint density at radius 2 is 1.26 bits per heavy atom. The first-order chi connectivity index (χ1) is 11.3. The van der Waals surface area contributed by atoms with E-state index in [1.165, 1.54) is 0 Å². The summed E-state index contributed by atoms with van der Waals surface area (Å²) in [6.45, 7) is -0.104. The van der Waals surface area contributed by atoms with Crippen LogP contribution in [0.1, 0.15) is 5.56 Å². The van der Waals surface area contributed by atoms with Crippen LogP contribution in [0.25, 0.3) is 21.8 Å². The van der Waals surface area contributed by atoms with Crippen molar-refractivity contribution in [3.8, 4) is 5.75 Å². The molecule has 0 saturated heterocycles.